The van der Waals surface area contributed by atoms with Gasteiger partial charge >= 0.3 is 6.09 Å². The first kappa shape index (κ1) is 16.8. The lowest BCUT2D eigenvalue weighted by Crippen LogP contribution is -2.34. The van der Waals surface area contributed by atoms with E-state index >= 15 is 0 Å². The summed E-state index contributed by atoms with van der Waals surface area (Å²) in [7, 11) is 0. The zero-order valence-electron chi connectivity index (χ0n) is 13.8. The molecule has 1 fully saturated rings. The number of rotatable bonds is 5. The van der Waals surface area contributed by atoms with E-state index in [9.17, 15) is 4.79 Å². The van der Waals surface area contributed by atoms with Crippen LogP contribution in [0.3, 0.4) is 0 Å². The number of carbonyl (C=O) groups excluding carboxylic acids is 1. The van der Waals surface area contributed by atoms with E-state index in [1.807, 2.05) is 33.3 Å². The van der Waals surface area contributed by atoms with Gasteiger partial charge in [0.15, 0.2) is 0 Å². The van der Waals surface area contributed by atoms with E-state index in [4.69, 9.17) is 9.47 Å². The highest BCUT2D eigenvalue weighted by Gasteiger charge is 2.17. The molecule has 2 heterocycles. The van der Waals surface area contributed by atoms with E-state index in [-0.39, 0.29) is 12.2 Å². The van der Waals surface area contributed by atoms with Crippen molar-refractivity contribution in [1.29, 1.82) is 0 Å². The Balaban J connectivity index is 1.76. The number of carbonyl (C=O) groups is 1. The van der Waals surface area contributed by atoms with Crippen LogP contribution in [0.15, 0.2) is 12.5 Å². The van der Waals surface area contributed by atoms with Gasteiger partial charge < -0.3 is 19.4 Å². The molecule has 1 unspecified atom stereocenters. The van der Waals surface area contributed by atoms with Gasteiger partial charge in [0.25, 0.3) is 0 Å². The molecular formula is C16H27N3O3. The topological polar surface area (TPSA) is 65.4 Å². The zero-order chi connectivity index (χ0) is 16.0. The average molecular weight is 309 g/mol. The molecule has 1 N–H and O–H groups in total. The normalized spacial score (nSPS) is 19.0. The summed E-state index contributed by atoms with van der Waals surface area (Å²) in [6.45, 7) is 7.78. The quantitative estimate of drug-likeness (QED) is 0.907. The summed E-state index contributed by atoms with van der Waals surface area (Å²) in [5.41, 5.74) is 0.634. The first-order valence-electron chi connectivity index (χ1n) is 8.01. The fourth-order valence-corrected chi connectivity index (χ4v) is 2.50. The number of ether oxygens (including phenoxy) is 2. The molecule has 0 saturated carbocycles. The average Bonchev–Trinajstić information content (AvgIpc) is 2.85. The van der Waals surface area contributed by atoms with Crippen LogP contribution in [0.4, 0.5) is 4.79 Å². The monoisotopic (exact) mass is 309 g/mol. The van der Waals surface area contributed by atoms with Gasteiger partial charge in [0.2, 0.25) is 0 Å². The number of amides is 1. The van der Waals surface area contributed by atoms with Crippen LogP contribution in [0.1, 0.15) is 45.7 Å². The molecule has 1 aromatic rings. The van der Waals surface area contributed by atoms with Crippen LogP contribution < -0.4 is 5.32 Å². The SMILES string of the molecule is CC(C)(C)OC(=O)NCCc1cncn1CC1CCCCO1. The van der Waals surface area contributed by atoms with E-state index in [2.05, 4.69) is 14.9 Å². The number of alkyl carbamates (subject to hydrolysis) is 1. The van der Waals surface area contributed by atoms with E-state index < -0.39 is 5.60 Å². The van der Waals surface area contributed by atoms with Crippen LogP contribution in [0.25, 0.3) is 0 Å². The van der Waals surface area contributed by atoms with Gasteiger partial charge in [-0.15, -0.1) is 0 Å². The number of nitrogens with one attached hydrogen (secondary N) is 1. The molecule has 22 heavy (non-hydrogen) atoms. The van der Waals surface area contributed by atoms with Crippen LogP contribution in [0, 0.1) is 0 Å². The van der Waals surface area contributed by atoms with Gasteiger partial charge in [-0.2, -0.15) is 0 Å². The molecule has 6 heteroatoms. The molecule has 1 atom stereocenters. The van der Waals surface area contributed by atoms with Gasteiger partial charge in [-0.05, 0) is 40.0 Å². The lowest BCUT2D eigenvalue weighted by atomic mass is 10.1. The van der Waals surface area contributed by atoms with Crippen molar-refractivity contribution < 1.29 is 14.3 Å². The number of hydrogen-bond donors (Lipinski definition) is 1. The largest absolute Gasteiger partial charge is 0.444 e. The number of hydrogen-bond acceptors (Lipinski definition) is 4. The maximum absolute atomic E-state index is 11.6. The summed E-state index contributed by atoms with van der Waals surface area (Å²) in [5.74, 6) is 0. The summed E-state index contributed by atoms with van der Waals surface area (Å²) in [5, 5.41) is 2.77. The lowest BCUT2D eigenvalue weighted by molar-refractivity contribution is 0.00555. The summed E-state index contributed by atoms with van der Waals surface area (Å²) in [6, 6.07) is 0. The molecule has 6 nitrogen and oxygen atoms in total. The second kappa shape index (κ2) is 7.63. The van der Waals surface area contributed by atoms with E-state index in [1.54, 1.807) is 0 Å². The summed E-state index contributed by atoms with van der Waals surface area (Å²) in [6.07, 6.45) is 7.80. The molecule has 1 aromatic heterocycles. The molecule has 2 rings (SSSR count). The van der Waals surface area contributed by atoms with Crippen LogP contribution in [0.5, 0.6) is 0 Å². The Labute approximate surface area is 132 Å². The minimum absolute atomic E-state index is 0.278. The van der Waals surface area contributed by atoms with Crippen molar-refractivity contribution in [1.82, 2.24) is 14.9 Å². The van der Waals surface area contributed by atoms with Crippen LogP contribution in [-0.2, 0) is 22.4 Å². The minimum atomic E-state index is -0.468. The zero-order valence-corrected chi connectivity index (χ0v) is 13.8. The van der Waals surface area contributed by atoms with E-state index in [0.717, 1.165) is 38.1 Å². The molecule has 0 spiro atoms. The third kappa shape index (κ3) is 5.67. The van der Waals surface area contributed by atoms with Gasteiger partial charge in [-0.3, -0.25) is 0 Å². The minimum Gasteiger partial charge on any atom is -0.444 e. The molecule has 1 amide bonds. The van der Waals surface area contributed by atoms with Crippen molar-refractivity contribution in [3.05, 3.63) is 18.2 Å². The van der Waals surface area contributed by atoms with Crippen molar-refractivity contribution in [3.63, 3.8) is 0 Å². The number of imidazole rings is 1. The molecular weight excluding hydrogens is 282 g/mol. The molecule has 1 aliphatic rings. The smallest absolute Gasteiger partial charge is 0.407 e. The third-order valence-corrected chi connectivity index (χ3v) is 3.52. The summed E-state index contributed by atoms with van der Waals surface area (Å²) >= 11 is 0. The fraction of sp³-hybridized carbons (Fsp3) is 0.750. The maximum atomic E-state index is 11.6. The summed E-state index contributed by atoms with van der Waals surface area (Å²) in [4.78, 5) is 15.8. The molecule has 0 aromatic carbocycles. The van der Waals surface area contributed by atoms with Crippen molar-refractivity contribution in [2.45, 2.75) is 64.7 Å². The first-order valence-corrected chi connectivity index (χ1v) is 8.01. The van der Waals surface area contributed by atoms with Crippen molar-refractivity contribution >= 4 is 6.09 Å². The molecule has 124 valence electrons. The fourth-order valence-electron chi connectivity index (χ4n) is 2.50. The molecule has 0 aliphatic carbocycles. The Bertz CT molecular complexity index is 473. The molecule has 0 radical (unpaired) electrons. The van der Waals surface area contributed by atoms with Gasteiger partial charge in [0.1, 0.15) is 5.60 Å². The molecule has 0 bridgehead atoms. The van der Waals surface area contributed by atoms with Crippen molar-refractivity contribution in [3.8, 4) is 0 Å². The Morgan fingerprint density at radius 1 is 1.50 bits per heavy atom. The predicted molar refractivity (Wildman–Crippen MR) is 83.8 cm³/mol. The second-order valence-corrected chi connectivity index (χ2v) is 6.70. The maximum Gasteiger partial charge on any atom is 0.407 e. The number of nitrogens with zero attached hydrogens (tertiary/aromatic N) is 2. The first-order chi connectivity index (χ1) is 10.4. The van der Waals surface area contributed by atoms with Gasteiger partial charge in [-0.1, -0.05) is 0 Å². The Morgan fingerprint density at radius 2 is 2.32 bits per heavy atom. The second-order valence-electron chi connectivity index (χ2n) is 6.70. The van der Waals surface area contributed by atoms with Crippen molar-refractivity contribution in [2.24, 2.45) is 0 Å². The van der Waals surface area contributed by atoms with Gasteiger partial charge in [0, 0.05) is 31.5 Å². The molecule has 1 saturated heterocycles. The van der Waals surface area contributed by atoms with E-state index in [0.29, 0.717) is 6.54 Å². The Kier molecular flexibility index (Phi) is 5.83. The number of aromatic nitrogens is 2. The highest BCUT2D eigenvalue weighted by molar-refractivity contribution is 5.67. The highest BCUT2D eigenvalue weighted by Crippen LogP contribution is 2.15. The highest BCUT2D eigenvalue weighted by atomic mass is 16.6. The van der Waals surface area contributed by atoms with Gasteiger partial charge in [0.05, 0.1) is 19.0 Å². The molecule has 1 aliphatic heterocycles. The predicted octanol–water partition coefficient (Wildman–Crippen LogP) is 2.52. The Morgan fingerprint density at radius 3 is 3.00 bits per heavy atom. The van der Waals surface area contributed by atoms with Gasteiger partial charge in [-0.25, -0.2) is 9.78 Å². The van der Waals surface area contributed by atoms with Crippen LogP contribution >= 0.6 is 0 Å². The summed E-state index contributed by atoms with van der Waals surface area (Å²) < 4.78 is 13.1. The lowest BCUT2D eigenvalue weighted by Gasteiger charge is -2.23. The Hall–Kier alpha value is -1.56. The third-order valence-electron chi connectivity index (χ3n) is 3.52. The van der Waals surface area contributed by atoms with Crippen molar-refractivity contribution in [2.75, 3.05) is 13.2 Å². The van der Waals surface area contributed by atoms with Crippen LogP contribution in [0.2, 0.25) is 0 Å². The standard InChI is InChI=1S/C16H27N3O3/c1-16(2,3)22-15(20)18-8-7-13-10-17-12-19(13)11-14-6-4-5-9-21-14/h10,12,14H,4-9,11H2,1-3H3,(H,18,20). The van der Waals surface area contributed by atoms with Crippen LogP contribution in [-0.4, -0.2) is 40.5 Å². The van der Waals surface area contributed by atoms with E-state index in [1.165, 1.54) is 6.42 Å².